The Morgan fingerprint density at radius 2 is 1.84 bits per heavy atom. The number of alkyl halides is 3. The topological polar surface area (TPSA) is 67.6 Å². The summed E-state index contributed by atoms with van der Waals surface area (Å²) in [6.45, 7) is 3.64. The van der Waals surface area contributed by atoms with Crippen LogP contribution in [0.2, 0.25) is 0 Å². The predicted molar refractivity (Wildman–Crippen MR) is 139 cm³/mol. The Hall–Kier alpha value is -3.24. The number of imidazole rings is 1. The average molecular weight is 525 g/mol. The lowest BCUT2D eigenvalue weighted by Crippen LogP contribution is -2.48. The third-order valence-electron chi connectivity index (χ3n) is 8.50. The Bertz CT molecular complexity index is 1500. The Morgan fingerprint density at radius 3 is 2.53 bits per heavy atom. The van der Waals surface area contributed by atoms with E-state index in [1.54, 1.807) is 19.4 Å². The van der Waals surface area contributed by atoms with Gasteiger partial charge in [0.15, 0.2) is 5.65 Å². The molecule has 10 heteroatoms. The summed E-state index contributed by atoms with van der Waals surface area (Å²) in [6.07, 6.45) is 3.27. The second-order valence-electron chi connectivity index (χ2n) is 10.7. The lowest BCUT2D eigenvalue weighted by molar-refractivity contribution is -0.137. The molecule has 2 aliphatic heterocycles. The number of aryl methyl sites for hydroxylation is 1. The van der Waals surface area contributed by atoms with Gasteiger partial charge in [0.1, 0.15) is 17.3 Å². The molecule has 3 aromatic heterocycles. The number of pyridine rings is 1. The number of methoxy groups -OCH3 is 1. The molecular weight excluding hydrogens is 493 g/mol. The quantitative estimate of drug-likeness (QED) is 0.352. The van der Waals surface area contributed by atoms with E-state index in [0.717, 1.165) is 48.3 Å². The van der Waals surface area contributed by atoms with Crippen LogP contribution in [-0.2, 0) is 16.5 Å². The van der Waals surface area contributed by atoms with E-state index in [0.29, 0.717) is 34.9 Å². The van der Waals surface area contributed by atoms with Gasteiger partial charge in [-0.1, -0.05) is 12.1 Å². The summed E-state index contributed by atoms with van der Waals surface area (Å²) in [7, 11) is 3.97. The van der Waals surface area contributed by atoms with Crippen LogP contribution in [0.15, 0.2) is 42.7 Å². The highest BCUT2D eigenvalue weighted by Crippen LogP contribution is 2.48. The number of hydrogen-bond acceptors (Lipinski definition) is 6. The first-order valence-electron chi connectivity index (χ1n) is 13.0. The van der Waals surface area contributed by atoms with Crippen molar-refractivity contribution in [3.63, 3.8) is 0 Å². The second-order valence-corrected chi connectivity index (χ2v) is 10.7. The average Bonchev–Trinajstić information content (AvgIpc) is 3.44. The Balaban J connectivity index is 1.48. The van der Waals surface area contributed by atoms with Crippen LogP contribution in [0.1, 0.15) is 61.2 Å². The molecule has 5 heterocycles. The molecule has 200 valence electrons. The molecule has 2 unspecified atom stereocenters. The van der Waals surface area contributed by atoms with Crippen LogP contribution < -0.4 is 5.32 Å². The number of nitrogens with one attached hydrogen (secondary N) is 1. The summed E-state index contributed by atoms with van der Waals surface area (Å²) in [5, 5.41) is 4.15. The molecular formula is C28H31F3N6O. The van der Waals surface area contributed by atoms with Crippen LogP contribution >= 0.6 is 0 Å². The number of halogens is 3. The van der Waals surface area contributed by atoms with Gasteiger partial charge in [-0.25, -0.2) is 15.0 Å². The molecule has 1 N–H and O–H groups in total. The van der Waals surface area contributed by atoms with Crippen molar-refractivity contribution in [1.82, 2.24) is 24.3 Å². The molecule has 0 amide bonds. The molecule has 7 nitrogen and oxygen atoms in total. The molecule has 2 saturated heterocycles. The van der Waals surface area contributed by atoms with Crippen molar-refractivity contribution >= 4 is 22.5 Å². The molecule has 0 radical (unpaired) electrons. The highest BCUT2D eigenvalue weighted by molar-refractivity contribution is 5.90. The van der Waals surface area contributed by atoms with E-state index in [2.05, 4.69) is 23.3 Å². The number of benzene rings is 1. The second kappa shape index (κ2) is 8.91. The number of rotatable bonds is 5. The zero-order chi connectivity index (χ0) is 26.8. The minimum atomic E-state index is -4.40. The number of aromatic nitrogens is 4. The summed E-state index contributed by atoms with van der Waals surface area (Å²) in [4.78, 5) is 16.6. The third kappa shape index (κ3) is 4.01. The maximum atomic E-state index is 13.3. The number of piperidine rings is 1. The first-order valence-corrected chi connectivity index (χ1v) is 13.0. The monoisotopic (exact) mass is 524 g/mol. The van der Waals surface area contributed by atoms with Gasteiger partial charge in [0.25, 0.3) is 0 Å². The van der Waals surface area contributed by atoms with Gasteiger partial charge in [0.05, 0.1) is 16.6 Å². The van der Waals surface area contributed by atoms with E-state index in [4.69, 9.17) is 19.7 Å². The Labute approximate surface area is 219 Å². The normalized spacial score (nSPS) is 24.8. The van der Waals surface area contributed by atoms with E-state index in [1.165, 1.54) is 12.1 Å². The van der Waals surface area contributed by atoms with Crippen LogP contribution in [0.4, 0.5) is 19.0 Å². The highest BCUT2D eigenvalue weighted by atomic mass is 19.4. The summed E-state index contributed by atoms with van der Waals surface area (Å²) in [6, 6.07) is 7.92. The fraction of sp³-hybridized carbons (Fsp3) is 0.464. The van der Waals surface area contributed by atoms with Gasteiger partial charge >= 0.3 is 6.18 Å². The van der Waals surface area contributed by atoms with Crippen molar-refractivity contribution in [2.45, 2.75) is 69.4 Å². The van der Waals surface area contributed by atoms with E-state index >= 15 is 0 Å². The van der Waals surface area contributed by atoms with Gasteiger partial charge in [-0.2, -0.15) is 13.2 Å². The van der Waals surface area contributed by atoms with Crippen molar-refractivity contribution in [3.8, 4) is 0 Å². The Morgan fingerprint density at radius 1 is 1.11 bits per heavy atom. The number of anilines is 1. The van der Waals surface area contributed by atoms with Crippen molar-refractivity contribution < 1.29 is 17.9 Å². The van der Waals surface area contributed by atoms with Gasteiger partial charge < -0.3 is 15.0 Å². The first-order chi connectivity index (χ1) is 18.1. The van der Waals surface area contributed by atoms with Gasteiger partial charge in [0.2, 0.25) is 0 Å². The fourth-order valence-electron chi connectivity index (χ4n) is 6.41. The molecule has 2 fully saturated rings. The lowest BCUT2D eigenvalue weighted by Gasteiger charge is -2.44. The summed E-state index contributed by atoms with van der Waals surface area (Å²) < 4.78 is 48.3. The summed E-state index contributed by atoms with van der Waals surface area (Å²) in [5.41, 5.74) is 1.83. The molecule has 4 aromatic rings. The van der Waals surface area contributed by atoms with Gasteiger partial charge in [0, 0.05) is 43.2 Å². The molecule has 38 heavy (non-hydrogen) atoms. The SMILES string of the molecule is COC1(c2cc3c(N[C@H](C)c4cccc(C(F)(F)F)c4)nc(C)nc3n3ccnc23)CC2CCC(C1)N2C. The smallest absolute Gasteiger partial charge is 0.373 e. The van der Waals surface area contributed by atoms with Crippen LogP contribution in [0.3, 0.4) is 0 Å². The van der Waals surface area contributed by atoms with Gasteiger partial charge in [-0.3, -0.25) is 4.40 Å². The number of hydrogen-bond donors (Lipinski definition) is 1. The van der Waals surface area contributed by atoms with Gasteiger partial charge in [-0.05, 0) is 70.3 Å². The van der Waals surface area contributed by atoms with Crippen LogP contribution in [0.25, 0.3) is 16.7 Å². The van der Waals surface area contributed by atoms with E-state index in [-0.39, 0.29) is 0 Å². The lowest BCUT2D eigenvalue weighted by atomic mass is 9.80. The molecule has 0 aliphatic carbocycles. The summed E-state index contributed by atoms with van der Waals surface area (Å²) in [5.74, 6) is 1.12. The molecule has 6 rings (SSSR count). The van der Waals surface area contributed by atoms with Crippen molar-refractivity contribution in [2.24, 2.45) is 0 Å². The van der Waals surface area contributed by atoms with E-state index in [9.17, 15) is 13.2 Å². The zero-order valence-corrected chi connectivity index (χ0v) is 21.9. The molecule has 0 saturated carbocycles. The first kappa shape index (κ1) is 25.1. The van der Waals surface area contributed by atoms with E-state index in [1.807, 2.05) is 24.4 Å². The molecule has 0 spiro atoms. The standard InChI is InChI=1S/C28H31F3N6O/c1-16(18-6-5-7-19(12-18)28(29,30)31)33-24-22-13-23(26-32-10-11-37(26)25(22)35-17(2)34-24)27(38-4)14-20-8-9-21(15-27)36(20)3/h5-7,10-13,16,20-21H,8-9,14-15H2,1-4H3,(H,33,34,35)/t16-,20?,21?,27?/m1/s1. The van der Waals surface area contributed by atoms with Crippen LogP contribution in [-0.4, -0.2) is 50.5 Å². The molecule has 2 aliphatic rings. The van der Waals surface area contributed by atoms with Gasteiger partial charge in [-0.15, -0.1) is 0 Å². The number of ether oxygens (including phenoxy) is 1. The molecule has 1 aromatic carbocycles. The minimum Gasteiger partial charge on any atom is -0.373 e. The maximum Gasteiger partial charge on any atom is 0.416 e. The van der Waals surface area contributed by atoms with E-state index < -0.39 is 23.4 Å². The summed E-state index contributed by atoms with van der Waals surface area (Å²) >= 11 is 0. The highest BCUT2D eigenvalue weighted by Gasteiger charge is 2.49. The molecule has 2 bridgehead atoms. The van der Waals surface area contributed by atoms with Crippen molar-refractivity contribution in [1.29, 1.82) is 0 Å². The largest absolute Gasteiger partial charge is 0.416 e. The Kier molecular flexibility index (Phi) is 5.88. The van der Waals surface area contributed by atoms with Crippen molar-refractivity contribution in [2.75, 3.05) is 19.5 Å². The van der Waals surface area contributed by atoms with Crippen LogP contribution in [0.5, 0.6) is 0 Å². The predicted octanol–water partition coefficient (Wildman–Crippen LogP) is 5.88. The van der Waals surface area contributed by atoms with Crippen molar-refractivity contribution in [3.05, 3.63) is 65.2 Å². The molecule has 3 atom stereocenters. The zero-order valence-electron chi connectivity index (χ0n) is 21.9. The third-order valence-corrected chi connectivity index (χ3v) is 8.50. The van der Waals surface area contributed by atoms with Crippen LogP contribution in [0, 0.1) is 6.92 Å². The number of nitrogens with zero attached hydrogens (tertiary/aromatic N) is 5. The number of fused-ring (bicyclic) bond motifs is 5. The minimum absolute atomic E-state index is 0.424. The fourth-order valence-corrected chi connectivity index (χ4v) is 6.41. The maximum absolute atomic E-state index is 13.3.